The van der Waals surface area contributed by atoms with Gasteiger partial charge >= 0.3 is 0 Å². The first-order valence-corrected chi connectivity index (χ1v) is 6.20. The molecule has 1 N–H and O–H groups in total. The molecule has 0 saturated heterocycles. The number of benzene rings is 1. The van der Waals surface area contributed by atoms with E-state index in [2.05, 4.69) is 15.3 Å². The number of nitrogens with zero attached hydrogens (tertiary/aromatic N) is 2. The summed E-state index contributed by atoms with van der Waals surface area (Å²) in [4.78, 5) is 8.54. The molecule has 0 aliphatic carbocycles. The number of nitrogens with one attached hydrogen (secondary N) is 1. The molecular weight excluding hydrogens is 264 g/mol. The average Bonchev–Trinajstić information content (AvgIpc) is 2.42. The van der Waals surface area contributed by atoms with Crippen LogP contribution in [-0.2, 0) is 11.3 Å². The Labute approximate surface area is 115 Å². The zero-order chi connectivity index (χ0) is 14.5. The monoisotopic (exact) mass is 279 g/mol. The van der Waals surface area contributed by atoms with Crippen molar-refractivity contribution in [2.75, 3.05) is 19.0 Å². The molecule has 0 radical (unpaired) electrons. The van der Waals surface area contributed by atoms with Crippen LogP contribution in [0.5, 0.6) is 0 Å². The van der Waals surface area contributed by atoms with Crippen molar-refractivity contribution in [3.63, 3.8) is 0 Å². The zero-order valence-electron chi connectivity index (χ0n) is 11.3. The molecule has 0 saturated carbocycles. The molecule has 106 valence electrons. The topological polar surface area (TPSA) is 47.0 Å². The minimum Gasteiger partial charge on any atom is -0.377 e. The molecule has 1 aromatic carbocycles. The number of halogens is 2. The van der Waals surface area contributed by atoms with Gasteiger partial charge in [-0.3, -0.25) is 0 Å². The molecule has 6 heteroatoms. The van der Waals surface area contributed by atoms with E-state index in [0.29, 0.717) is 29.4 Å². The van der Waals surface area contributed by atoms with Crippen molar-refractivity contribution in [2.24, 2.45) is 0 Å². The third-order valence-corrected chi connectivity index (χ3v) is 2.62. The van der Waals surface area contributed by atoms with Crippen molar-refractivity contribution >= 4 is 5.82 Å². The smallest absolute Gasteiger partial charge is 0.159 e. The highest BCUT2D eigenvalue weighted by atomic mass is 19.2. The van der Waals surface area contributed by atoms with Crippen LogP contribution in [-0.4, -0.2) is 23.6 Å². The highest BCUT2D eigenvalue weighted by Crippen LogP contribution is 2.22. The molecule has 0 aliphatic rings. The van der Waals surface area contributed by atoms with Crippen molar-refractivity contribution in [1.29, 1.82) is 0 Å². The van der Waals surface area contributed by atoms with Crippen LogP contribution in [0.3, 0.4) is 0 Å². The number of methoxy groups -OCH3 is 1. The van der Waals surface area contributed by atoms with Crippen LogP contribution in [0.25, 0.3) is 11.3 Å². The summed E-state index contributed by atoms with van der Waals surface area (Å²) in [5, 5.41) is 3.07. The molecule has 0 spiro atoms. The van der Waals surface area contributed by atoms with Gasteiger partial charge in [0.15, 0.2) is 17.5 Å². The van der Waals surface area contributed by atoms with Crippen molar-refractivity contribution in [2.45, 2.75) is 13.5 Å². The predicted molar refractivity (Wildman–Crippen MR) is 72.3 cm³/mol. The van der Waals surface area contributed by atoms with Crippen LogP contribution >= 0.6 is 0 Å². The lowest BCUT2D eigenvalue weighted by Crippen LogP contribution is -2.05. The van der Waals surface area contributed by atoms with Gasteiger partial charge in [0.2, 0.25) is 0 Å². The van der Waals surface area contributed by atoms with E-state index < -0.39 is 11.6 Å². The molecule has 0 bridgehead atoms. The van der Waals surface area contributed by atoms with Gasteiger partial charge in [-0.2, -0.15) is 0 Å². The highest BCUT2D eigenvalue weighted by molar-refractivity contribution is 5.62. The number of anilines is 1. The number of rotatable bonds is 5. The Hall–Kier alpha value is -2.08. The molecule has 1 heterocycles. The Morgan fingerprint density at radius 2 is 1.95 bits per heavy atom. The maximum Gasteiger partial charge on any atom is 0.159 e. The van der Waals surface area contributed by atoms with Crippen LogP contribution in [0.15, 0.2) is 24.3 Å². The molecule has 4 nitrogen and oxygen atoms in total. The first-order chi connectivity index (χ1) is 9.63. The number of hydrogen-bond acceptors (Lipinski definition) is 4. The summed E-state index contributed by atoms with van der Waals surface area (Å²) in [5.41, 5.74) is 1.00. The molecule has 0 amide bonds. The standard InChI is InChI=1S/C14H15F2N3O/c1-3-17-13-7-12(18-14(19-13)8-20-2)9-4-5-10(15)11(16)6-9/h4-7H,3,8H2,1-2H3,(H,17,18,19). The summed E-state index contributed by atoms with van der Waals surface area (Å²) in [5.74, 6) is -0.689. The SMILES string of the molecule is CCNc1cc(-c2ccc(F)c(F)c2)nc(COC)n1. The molecular formula is C14H15F2N3O. The quantitative estimate of drug-likeness (QED) is 0.914. The maximum atomic E-state index is 13.3. The Kier molecular flexibility index (Phi) is 4.57. The summed E-state index contributed by atoms with van der Waals surface area (Å²) in [6.07, 6.45) is 0. The summed E-state index contributed by atoms with van der Waals surface area (Å²) in [7, 11) is 1.54. The lowest BCUT2D eigenvalue weighted by molar-refractivity contribution is 0.178. The van der Waals surface area contributed by atoms with Gasteiger partial charge in [-0.05, 0) is 25.1 Å². The fraction of sp³-hybridized carbons (Fsp3) is 0.286. The second kappa shape index (κ2) is 6.38. The van der Waals surface area contributed by atoms with E-state index in [1.807, 2.05) is 6.92 Å². The normalized spacial score (nSPS) is 10.6. The Bertz CT molecular complexity index is 581. The molecule has 0 unspecified atom stereocenters. The van der Waals surface area contributed by atoms with Gasteiger partial charge in [0.25, 0.3) is 0 Å². The minimum absolute atomic E-state index is 0.246. The molecule has 0 aliphatic heterocycles. The van der Waals surface area contributed by atoms with E-state index >= 15 is 0 Å². The van der Waals surface area contributed by atoms with E-state index in [1.165, 1.54) is 6.07 Å². The summed E-state index contributed by atoms with van der Waals surface area (Å²) in [6, 6.07) is 5.36. The third kappa shape index (κ3) is 3.27. The van der Waals surface area contributed by atoms with Crippen LogP contribution in [0.1, 0.15) is 12.7 Å². The van der Waals surface area contributed by atoms with E-state index in [1.54, 1.807) is 13.2 Å². The van der Waals surface area contributed by atoms with Crippen molar-refractivity contribution in [1.82, 2.24) is 9.97 Å². The first kappa shape index (κ1) is 14.3. The number of aromatic nitrogens is 2. The third-order valence-electron chi connectivity index (χ3n) is 2.62. The molecule has 20 heavy (non-hydrogen) atoms. The lowest BCUT2D eigenvalue weighted by Gasteiger charge is -2.09. The second-order valence-corrected chi connectivity index (χ2v) is 4.15. The van der Waals surface area contributed by atoms with Crippen LogP contribution in [0.2, 0.25) is 0 Å². The van der Waals surface area contributed by atoms with E-state index in [9.17, 15) is 8.78 Å². The van der Waals surface area contributed by atoms with Crippen LogP contribution < -0.4 is 5.32 Å². The summed E-state index contributed by atoms with van der Waals surface area (Å²) < 4.78 is 31.3. The van der Waals surface area contributed by atoms with Gasteiger partial charge in [-0.25, -0.2) is 18.7 Å². The molecule has 2 rings (SSSR count). The molecule has 2 aromatic rings. The highest BCUT2D eigenvalue weighted by Gasteiger charge is 2.09. The lowest BCUT2D eigenvalue weighted by atomic mass is 10.1. The van der Waals surface area contributed by atoms with E-state index in [4.69, 9.17) is 4.74 Å². The van der Waals surface area contributed by atoms with Crippen LogP contribution in [0.4, 0.5) is 14.6 Å². The van der Waals surface area contributed by atoms with Crippen LogP contribution in [0, 0.1) is 11.6 Å². The van der Waals surface area contributed by atoms with Crippen molar-refractivity contribution in [3.8, 4) is 11.3 Å². The van der Waals surface area contributed by atoms with E-state index in [0.717, 1.165) is 12.1 Å². The van der Waals surface area contributed by atoms with Gasteiger partial charge in [0.05, 0.1) is 5.69 Å². The van der Waals surface area contributed by atoms with Gasteiger partial charge in [0.1, 0.15) is 12.4 Å². The zero-order valence-corrected chi connectivity index (χ0v) is 11.3. The number of ether oxygens (including phenoxy) is 1. The minimum atomic E-state index is -0.903. The summed E-state index contributed by atoms with van der Waals surface area (Å²) in [6.45, 7) is 2.88. The van der Waals surface area contributed by atoms with Gasteiger partial charge in [-0.15, -0.1) is 0 Å². The fourth-order valence-electron chi connectivity index (χ4n) is 1.77. The van der Waals surface area contributed by atoms with Gasteiger partial charge in [0, 0.05) is 25.3 Å². The molecule has 0 fully saturated rings. The summed E-state index contributed by atoms with van der Waals surface area (Å²) >= 11 is 0. The number of hydrogen-bond donors (Lipinski definition) is 1. The predicted octanol–water partition coefficient (Wildman–Crippen LogP) is 3.00. The first-order valence-electron chi connectivity index (χ1n) is 6.20. The average molecular weight is 279 g/mol. The van der Waals surface area contributed by atoms with Crippen molar-refractivity contribution < 1.29 is 13.5 Å². The largest absolute Gasteiger partial charge is 0.377 e. The van der Waals surface area contributed by atoms with Gasteiger partial charge < -0.3 is 10.1 Å². The van der Waals surface area contributed by atoms with E-state index in [-0.39, 0.29) is 6.61 Å². The Balaban J connectivity index is 2.45. The van der Waals surface area contributed by atoms with Crippen molar-refractivity contribution in [3.05, 3.63) is 41.7 Å². The maximum absolute atomic E-state index is 13.3. The fourth-order valence-corrected chi connectivity index (χ4v) is 1.77. The van der Waals surface area contributed by atoms with Gasteiger partial charge in [-0.1, -0.05) is 0 Å². The molecule has 1 aromatic heterocycles. The Morgan fingerprint density at radius 3 is 2.60 bits per heavy atom. The Morgan fingerprint density at radius 1 is 1.15 bits per heavy atom. The second-order valence-electron chi connectivity index (χ2n) is 4.15. The molecule has 0 atom stereocenters.